The van der Waals surface area contributed by atoms with E-state index >= 15 is 0 Å². The zero-order valence-corrected chi connectivity index (χ0v) is 14.6. The van der Waals surface area contributed by atoms with Crippen molar-refractivity contribution < 1.29 is 9.47 Å². The lowest BCUT2D eigenvalue weighted by Gasteiger charge is -2.21. The summed E-state index contributed by atoms with van der Waals surface area (Å²) in [6, 6.07) is 0. The van der Waals surface area contributed by atoms with Crippen molar-refractivity contribution in [3.8, 4) is 0 Å². The number of hydrogen-bond donors (Lipinski definition) is 2. The Morgan fingerprint density at radius 3 is 2.38 bits per heavy atom. The van der Waals surface area contributed by atoms with E-state index in [-0.39, 0.29) is 0 Å². The minimum absolute atomic E-state index is 0.304. The van der Waals surface area contributed by atoms with Gasteiger partial charge in [0.25, 0.3) is 0 Å². The summed E-state index contributed by atoms with van der Waals surface area (Å²) < 4.78 is 11.2. The van der Waals surface area contributed by atoms with Crippen LogP contribution < -0.4 is 10.6 Å². The standard InChI is InChI=1S/C16H35N3O2/c1-6-8-12-20-13-11-19-16(17-5)18-10-9-15(14(3)4)21-7-2/h14-15H,6-13H2,1-5H3,(H2,17,18,19). The molecule has 0 bridgehead atoms. The van der Waals surface area contributed by atoms with Crippen molar-refractivity contribution in [2.45, 2.75) is 53.1 Å². The largest absolute Gasteiger partial charge is 0.380 e. The molecule has 0 aliphatic heterocycles. The summed E-state index contributed by atoms with van der Waals surface area (Å²) >= 11 is 0. The molecule has 0 aliphatic rings. The van der Waals surface area contributed by atoms with Gasteiger partial charge in [-0.2, -0.15) is 0 Å². The molecule has 2 N–H and O–H groups in total. The maximum absolute atomic E-state index is 5.73. The monoisotopic (exact) mass is 301 g/mol. The summed E-state index contributed by atoms with van der Waals surface area (Å²) in [7, 11) is 1.79. The molecule has 5 heteroatoms. The summed E-state index contributed by atoms with van der Waals surface area (Å²) in [6.45, 7) is 12.6. The fourth-order valence-corrected chi connectivity index (χ4v) is 1.97. The zero-order chi connectivity index (χ0) is 15.9. The molecule has 0 aromatic heterocycles. The molecule has 0 aromatic rings. The van der Waals surface area contributed by atoms with Crippen LogP contribution in [0.25, 0.3) is 0 Å². The predicted octanol–water partition coefficient (Wildman–Crippen LogP) is 2.42. The molecule has 0 aliphatic carbocycles. The first-order valence-electron chi connectivity index (χ1n) is 8.29. The van der Waals surface area contributed by atoms with Crippen LogP contribution in [0.3, 0.4) is 0 Å². The van der Waals surface area contributed by atoms with Crippen LogP contribution in [0.4, 0.5) is 0 Å². The van der Waals surface area contributed by atoms with E-state index in [1.165, 1.54) is 6.42 Å². The summed E-state index contributed by atoms with van der Waals surface area (Å²) in [6.07, 6.45) is 3.59. The van der Waals surface area contributed by atoms with Crippen molar-refractivity contribution in [1.29, 1.82) is 0 Å². The second-order valence-corrected chi connectivity index (χ2v) is 5.42. The van der Waals surface area contributed by atoms with Crippen LogP contribution in [0.1, 0.15) is 47.0 Å². The Kier molecular flexibility index (Phi) is 13.6. The molecule has 0 aromatic carbocycles. The molecule has 0 saturated carbocycles. The van der Waals surface area contributed by atoms with Gasteiger partial charge in [-0.15, -0.1) is 0 Å². The average Bonchev–Trinajstić information content (AvgIpc) is 2.47. The van der Waals surface area contributed by atoms with Gasteiger partial charge in [-0.1, -0.05) is 27.2 Å². The first kappa shape index (κ1) is 20.2. The topological polar surface area (TPSA) is 54.9 Å². The third-order valence-electron chi connectivity index (χ3n) is 3.25. The van der Waals surface area contributed by atoms with Crippen molar-refractivity contribution >= 4 is 5.96 Å². The van der Waals surface area contributed by atoms with Gasteiger partial charge in [-0.05, 0) is 25.7 Å². The second kappa shape index (κ2) is 14.1. The van der Waals surface area contributed by atoms with Crippen molar-refractivity contribution in [1.82, 2.24) is 10.6 Å². The predicted molar refractivity (Wildman–Crippen MR) is 90.0 cm³/mol. The van der Waals surface area contributed by atoms with Gasteiger partial charge in [0, 0.05) is 33.4 Å². The Bertz CT molecular complexity index is 258. The van der Waals surface area contributed by atoms with E-state index < -0.39 is 0 Å². The highest BCUT2D eigenvalue weighted by Crippen LogP contribution is 2.09. The third kappa shape index (κ3) is 11.5. The second-order valence-electron chi connectivity index (χ2n) is 5.42. The van der Waals surface area contributed by atoms with E-state index in [0.29, 0.717) is 18.6 Å². The molecule has 0 radical (unpaired) electrons. The van der Waals surface area contributed by atoms with Gasteiger partial charge in [0.05, 0.1) is 12.7 Å². The quantitative estimate of drug-likeness (QED) is 0.330. The molecule has 5 nitrogen and oxygen atoms in total. The Labute approximate surface area is 130 Å². The first-order chi connectivity index (χ1) is 10.2. The Hall–Kier alpha value is -0.810. The van der Waals surface area contributed by atoms with Crippen LogP contribution in [0.2, 0.25) is 0 Å². The molecular weight excluding hydrogens is 266 g/mol. The van der Waals surface area contributed by atoms with Crippen molar-refractivity contribution in [3.63, 3.8) is 0 Å². The summed E-state index contributed by atoms with van der Waals surface area (Å²) in [5.41, 5.74) is 0. The van der Waals surface area contributed by atoms with Gasteiger partial charge in [0.1, 0.15) is 0 Å². The lowest BCUT2D eigenvalue weighted by atomic mass is 10.0. The SMILES string of the molecule is CCCCOCCNC(=NC)NCCC(OCC)C(C)C. The number of aliphatic imine (C=N–C) groups is 1. The molecule has 0 saturated heterocycles. The van der Waals surface area contributed by atoms with E-state index in [1.807, 2.05) is 6.92 Å². The smallest absolute Gasteiger partial charge is 0.191 e. The molecule has 1 atom stereocenters. The van der Waals surface area contributed by atoms with Crippen molar-refractivity contribution in [2.75, 3.05) is 40.0 Å². The van der Waals surface area contributed by atoms with Crippen LogP contribution in [0.15, 0.2) is 4.99 Å². The summed E-state index contributed by atoms with van der Waals surface area (Å²) in [5, 5.41) is 6.57. The average molecular weight is 301 g/mol. The molecule has 21 heavy (non-hydrogen) atoms. The van der Waals surface area contributed by atoms with Crippen LogP contribution in [0, 0.1) is 5.92 Å². The molecule has 0 rings (SSSR count). The minimum Gasteiger partial charge on any atom is -0.380 e. The van der Waals surface area contributed by atoms with Gasteiger partial charge in [0.2, 0.25) is 0 Å². The fraction of sp³-hybridized carbons (Fsp3) is 0.938. The Morgan fingerprint density at radius 2 is 1.81 bits per heavy atom. The Balaban J connectivity index is 3.74. The van der Waals surface area contributed by atoms with Crippen LogP contribution >= 0.6 is 0 Å². The highest BCUT2D eigenvalue weighted by Gasteiger charge is 2.12. The summed E-state index contributed by atoms with van der Waals surface area (Å²) in [5.74, 6) is 1.36. The first-order valence-corrected chi connectivity index (χ1v) is 8.29. The highest BCUT2D eigenvalue weighted by molar-refractivity contribution is 5.79. The van der Waals surface area contributed by atoms with E-state index in [1.54, 1.807) is 7.05 Å². The van der Waals surface area contributed by atoms with Crippen LogP contribution in [-0.4, -0.2) is 52.0 Å². The minimum atomic E-state index is 0.304. The van der Waals surface area contributed by atoms with Gasteiger partial charge >= 0.3 is 0 Å². The maximum atomic E-state index is 5.73. The molecule has 0 amide bonds. The van der Waals surface area contributed by atoms with Crippen molar-refractivity contribution in [2.24, 2.45) is 10.9 Å². The van der Waals surface area contributed by atoms with E-state index in [4.69, 9.17) is 9.47 Å². The van der Waals surface area contributed by atoms with Gasteiger partial charge in [-0.25, -0.2) is 0 Å². The number of hydrogen-bond acceptors (Lipinski definition) is 3. The molecular formula is C16H35N3O2. The molecule has 1 unspecified atom stereocenters. The highest BCUT2D eigenvalue weighted by atomic mass is 16.5. The van der Waals surface area contributed by atoms with E-state index in [0.717, 1.165) is 45.1 Å². The van der Waals surface area contributed by atoms with E-state index in [9.17, 15) is 0 Å². The van der Waals surface area contributed by atoms with Crippen LogP contribution in [0.5, 0.6) is 0 Å². The van der Waals surface area contributed by atoms with Crippen molar-refractivity contribution in [3.05, 3.63) is 0 Å². The van der Waals surface area contributed by atoms with Crippen LogP contribution in [-0.2, 0) is 9.47 Å². The number of ether oxygens (including phenoxy) is 2. The summed E-state index contributed by atoms with van der Waals surface area (Å²) in [4.78, 5) is 4.21. The van der Waals surface area contributed by atoms with Gasteiger partial charge < -0.3 is 20.1 Å². The lowest BCUT2D eigenvalue weighted by Crippen LogP contribution is -2.40. The van der Waals surface area contributed by atoms with E-state index in [2.05, 4.69) is 36.4 Å². The molecule has 0 spiro atoms. The van der Waals surface area contributed by atoms with Gasteiger partial charge in [-0.3, -0.25) is 4.99 Å². The zero-order valence-electron chi connectivity index (χ0n) is 14.6. The number of nitrogens with zero attached hydrogens (tertiary/aromatic N) is 1. The molecule has 126 valence electrons. The number of nitrogens with one attached hydrogen (secondary N) is 2. The molecule has 0 heterocycles. The number of unbranched alkanes of at least 4 members (excludes halogenated alkanes) is 1. The molecule has 0 fully saturated rings. The van der Waals surface area contributed by atoms with Gasteiger partial charge in [0.15, 0.2) is 5.96 Å². The number of rotatable bonds is 12. The normalized spacial score (nSPS) is 13.5. The fourth-order valence-electron chi connectivity index (χ4n) is 1.97. The maximum Gasteiger partial charge on any atom is 0.191 e. The third-order valence-corrected chi connectivity index (χ3v) is 3.25. The Morgan fingerprint density at radius 1 is 1.10 bits per heavy atom. The lowest BCUT2D eigenvalue weighted by molar-refractivity contribution is 0.0258. The number of guanidine groups is 1.